The van der Waals surface area contributed by atoms with E-state index in [0.717, 1.165) is 10.8 Å². The smallest absolute Gasteiger partial charge is 0.341 e. The molecule has 1 aliphatic rings. The Morgan fingerprint density at radius 2 is 1.80 bits per heavy atom. The first-order valence-corrected chi connectivity index (χ1v) is 4.67. The van der Waals surface area contributed by atoms with Crippen molar-refractivity contribution in [2.24, 2.45) is 0 Å². The highest BCUT2D eigenvalue weighted by Crippen LogP contribution is 2.31. The number of esters is 1. The van der Waals surface area contributed by atoms with Gasteiger partial charge < -0.3 is 9.84 Å². The van der Waals surface area contributed by atoms with Crippen LogP contribution in [0.25, 0.3) is 10.8 Å². The predicted molar refractivity (Wildman–Crippen MR) is 54.3 cm³/mol. The van der Waals surface area contributed by atoms with E-state index in [1.165, 1.54) is 0 Å². The van der Waals surface area contributed by atoms with Gasteiger partial charge in [-0.15, -0.1) is 0 Å². The summed E-state index contributed by atoms with van der Waals surface area (Å²) in [6.07, 6.45) is -1.11. The molecule has 0 amide bonds. The Balaban J connectivity index is 2.36. The molecular formula is C12H8O3. The molecule has 2 aromatic carbocycles. The maximum atomic E-state index is 11.3. The van der Waals surface area contributed by atoms with E-state index in [-0.39, 0.29) is 0 Å². The van der Waals surface area contributed by atoms with Gasteiger partial charge in [0.25, 0.3) is 0 Å². The van der Waals surface area contributed by atoms with Gasteiger partial charge in [0.1, 0.15) is 0 Å². The summed E-state index contributed by atoms with van der Waals surface area (Å²) in [4.78, 5) is 11.3. The second-order valence-electron chi connectivity index (χ2n) is 3.54. The Labute approximate surface area is 85.9 Å². The zero-order chi connectivity index (χ0) is 10.4. The molecule has 3 rings (SSSR count). The molecule has 0 saturated carbocycles. The number of hydrogen-bond acceptors (Lipinski definition) is 3. The molecule has 1 N–H and O–H groups in total. The number of carbonyl (C=O) groups is 1. The maximum absolute atomic E-state index is 11.3. The minimum Gasteiger partial charge on any atom is -0.428 e. The van der Waals surface area contributed by atoms with Crippen molar-refractivity contribution in [3.63, 3.8) is 0 Å². The highest BCUT2D eigenvalue weighted by Gasteiger charge is 2.29. The Bertz CT molecular complexity index is 560. The molecule has 0 saturated heterocycles. The Morgan fingerprint density at radius 3 is 2.53 bits per heavy atom. The molecule has 0 fully saturated rings. The highest BCUT2D eigenvalue weighted by molar-refractivity contribution is 5.99. The average Bonchev–Trinajstić information content (AvgIpc) is 2.52. The number of fused-ring (bicyclic) bond motifs is 2. The van der Waals surface area contributed by atoms with Crippen molar-refractivity contribution in [2.45, 2.75) is 6.29 Å². The summed E-state index contributed by atoms with van der Waals surface area (Å²) in [7, 11) is 0. The number of rotatable bonds is 0. The number of aliphatic hydroxyl groups is 1. The number of hydrogen-bond donors (Lipinski definition) is 1. The van der Waals surface area contributed by atoms with Crippen molar-refractivity contribution >= 4 is 16.7 Å². The number of benzene rings is 2. The van der Waals surface area contributed by atoms with Gasteiger partial charge in [-0.1, -0.05) is 24.3 Å². The second-order valence-corrected chi connectivity index (χ2v) is 3.54. The van der Waals surface area contributed by atoms with E-state index in [1.807, 2.05) is 24.3 Å². The van der Waals surface area contributed by atoms with Crippen molar-refractivity contribution in [1.82, 2.24) is 0 Å². The lowest BCUT2D eigenvalue weighted by molar-refractivity contribution is -0.0547. The van der Waals surface area contributed by atoms with Gasteiger partial charge >= 0.3 is 5.97 Å². The number of ether oxygens (including phenoxy) is 1. The topological polar surface area (TPSA) is 46.5 Å². The van der Waals surface area contributed by atoms with Crippen LogP contribution in [0.15, 0.2) is 36.4 Å². The maximum Gasteiger partial charge on any atom is 0.341 e. The molecule has 74 valence electrons. The molecule has 1 atom stereocenters. The fourth-order valence-electron chi connectivity index (χ4n) is 1.87. The largest absolute Gasteiger partial charge is 0.428 e. The molecule has 3 nitrogen and oxygen atoms in total. The monoisotopic (exact) mass is 200 g/mol. The van der Waals surface area contributed by atoms with E-state index < -0.39 is 12.3 Å². The van der Waals surface area contributed by atoms with E-state index in [0.29, 0.717) is 11.1 Å². The first-order chi connectivity index (χ1) is 7.25. The van der Waals surface area contributed by atoms with Crippen LogP contribution in [0, 0.1) is 0 Å². The molecule has 1 unspecified atom stereocenters. The van der Waals surface area contributed by atoms with Crippen LogP contribution in [0.2, 0.25) is 0 Å². The molecule has 0 aromatic heterocycles. The van der Waals surface area contributed by atoms with Crippen LogP contribution < -0.4 is 0 Å². The lowest BCUT2D eigenvalue weighted by Gasteiger charge is -2.02. The quantitative estimate of drug-likeness (QED) is 0.661. The molecule has 3 heteroatoms. The zero-order valence-corrected chi connectivity index (χ0v) is 7.81. The Morgan fingerprint density at radius 1 is 1.13 bits per heavy atom. The van der Waals surface area contributed by atoms with Gasteiger partial charge in [-0.05, 0) is 22.9 Å². The fourth-order valence-corrected chi connectivity index (χ4v) is 1.87. The van der Waals surface area contributed by atoms with Gasteiger partial charge in [0.05, 0.1) is 5.56 Å². The normalized spacial score (nSPS) is 19.0. The molecular weight excluding hydrogens is 192 g/mol. The minimum atomic E-state index is -1.11. The number of carbonyl (C=O) groups excluding carboxylic acids is 1. The van der Waals surface area contributed by atoms with E-state index in [2.05, 4.69) is 0 Å². The van der Waals surface area contributed by atoms with Gasteiger partial charge in [0.2, 0.25) is 6.29 Å². The predicted octanol–water partition coefficient (Wildman–Crippen LogP) is 2.00. The van der Waals surface area contributed by atoms with Crippen molar-refractivity contribution in [1.29, 1.82) is 0 Å². The van der Waals surface area contributed by atoms with E-state index in [4.69, 9.17) is 4.74 Å². The summed E-state index contributed by atoms with van der Waals surface area (Å²) in [5.41, 5.74) is 1.01. The third-order valence-electron chi connectivity index (χ3n) is 2.62. The van der Waals surface area contributed by atoms with Crippen LogP contribution in [-0.4, -0.2) is 11.1 Å². The molecule has 1 aliphatic heterocycles. The third-order valence-corrected chi connectivity index (χ3v) is 2.62. The van der Waals surface area contributed by atoms with Gasteiger partial charge in [0.15, 0.2) is 0 Å². The molecule has 0 radical (unpaired) electrons. The average molecular weight is 200 g/mol. The molecule has 0 aliphatic carbocycles. The van der Waals surface area contributed by atoms with Gasteiger partial charge in [-0.2, -0.15) is 0 Å². The summed E-state index contributed by atoms with van der Waals surface area (Å²) in [5.74, 6) is -0.455. The first-order valence-electron chi connectivity index (χ1n) is 4.67. The van der Waals surface area contributed by atoms with Crippen LogP contribution in [0.4, 0.5) is 0 Å². The molecule has 1 heterocycles. The van der Waals surface area contributed by atoms with E-state index >= 15 is 0 Å². The van der Waals surface area contributed by atoms with Gasteiger partial charge in [-0.25, -0.2) is 4.79 Å². The summed E-state index contributed by atoms with van der Waals surface area (Å²) < 4.78 is 4.72. The highest BCUT2D eigenvalue weighted by atomic mass is 16.6. The lowest BCUT2D eigenvalue weighted by atomic mass is 10.0. The van der Waals surface area contributed by atoms with Crippen LogP contribution in [0.5, 0.6) is 0 Å². The van der Waals surface area contributed by atoms with Crippen LogP contribution in [-0.2, 0) is 4.74 Å². The third kappa shape index (κ3) is 1.13. The van der Waals surface area contributed by atoms with Gasteiger partial charge in [0, 0.05) is 5.56 Å². The zero-order valence-electron chi connectivity index (χ0n) is 7.81. The minimum absolute atomic E-state index is 0.455. The van der Waals surface area contributed by atoms with Crippen LogP contribution in [0.1, 0.15) is 22.2 Å². The van der Waals surface area contributed by atoms with Crippen LogP contribution in [0.3, 0.4) is 0 Å². The van der Waals surface area contributed by atoms with Crippen LogP contribution >= 0.6 is 0 Å². The standard InChI is InChI=1S/C12H8O3/c13-11-9-5-7-3-1-2-4-8(7)6-10(9)12(14)15-11/h1-6,11,13H. The second kappa shape index (κ2) is 2.81. The number of aliphatic hydroxyl groups excluding tert-OH is 1. The van der Waals surface area contributed by atoms with Crippen molar-refractivity contribution in [2.75, 3.05) is 0 Å². The van der Waals surface area contributed by atoms with E-state index in [1.54, 1.807) is 12.1 Å². The molecule has 0 bridgehead atoms. The fraction of sp³-hybridized carbons (Fsp3) is 0.0833. The summed E-state index contributed by atoms with van der Waals surface area (Å²) in [6.45, 7) is 0. The lowest BCUT2D eigenvalue weighted by Crippen LogP contribution is -1.95. The summed E-state index contributed by atoms with van der Waals surface area (Å²) >= 11 is 0. The number of cyclic esters (lactones) is 1. The SMILES string of the molecule is O=C1OC(O)c2cc3ccccc3cc21. The Hall–Kier alpha value is -1.87. The van der Waals surface area contributed by atoms with Crippen molar-refractivity contribution in [3.8, 4) is 0 Å². The Kier molecular flexibility index (Phi) is 1.58. The molecule has 2 aromatic rings. The summed E-state index contributed by atoms with van der Waals surface area (Å²) in [6, 6.07) is 11.2. The molecule has 15 heavy (non-hydrogen) atoms. The van der Waals surface area contributed by atoms with E-state index in [9.17, 15) is 9.90 Å². The first kappa shape index (κ1) is 8.44. The van der Waals surface area contributed by atoms with Crippen molar-refractivity contribution in [3.05, 3.63) is 47.5 Å². The molecule has 0 spiro atoms. The van der Waals surface area contributed by atoms with Crippen molar-refractivity contribution < 1.29 is 14.6 Å². The summed E-state index contributed by atoms with van der Waals surface area (Å²) in [5, 5.41) is 11.4. The van der Waals surface area contributed by atoms with Gasteiger partial charge in [-0.3, -0.25) is 0 Å².